The summed E-state index contributed by atoms with van der Waals surface area (Å²) in [4.78, 5) is 10.5. The van der Waals surface area contributed by atoms with E-state index in [1.807, 2.05) is 55.6 Å². The zero-order chi connectivity index (χ0) is 29.4. The van der Waals surface area contributed by atoms with E-state index in [4.69, 9.17) is 29.3 Å². The van der Waals surface area contributed by atoms with Crippen molar-refractivity contribution >= 4 is 23.2 Å². The summed E-state index contributed by atoms with van der Waals surface area (Å²) in [5.41, 5.74) is 2.94. The number of azo groups is 1. The smallest absolute Gasteiger partial charge is 0.234 e. The Labute approximate surface area is 251 Å². The molecular weight excluding hydrogens is 567 g/mol. The number of hydrogen-bond acceptors (Lipinski definition) is 9. The van der Waals surface area contributed by atoms with Gasteiger partial charge in [-0.15, -0.1) is 21.6 Å². The normalized spacial score (nSPS) is 19.7. The van der Waals surface area contributed by atoms with Crippen LogP contribution < -0.4 is 9.47 Å². The molecule has 5 aromatic rings. The van der Waals surface area contributed by atoms with Crippen molar-refractivity contribution in [2.75, 3.05) is 13.7 Å². The van der Waals surface area contributed by atoms with E-state index >= 15 is 4.39 Å². The maximum Gasteiger partial charge on any atom is 0.234 e. The van der Waals surface area contributed by atoms with Gasteiger partial charge in [0, 0.05) is 18.9 Å². The number of ether oxygens (including phenoxy) is 3. The zero-order valence-corrected chi connectivity index (χ0v) is 24.6. The number of halogens is 1. The Kier molecular flexibility index (Phi) is 7.20. The van der Waals surface area contributed by atoms with Crippen LogP contribution in [0.2, 0.25) is 0 Å². The first-order chi connectivity index (χ1) is 21.1. The lowest BCUT2D eigenvalue weighted by Crippen LogP contribution is -2.39. The van der Waals surface area contributed by atoms with Crippen molar-refractivity contribution in [3.63, 3.8) is 0 Å². The number of aromatic nitrogens is 3. The number of pyridine rings is 1. The summed E-state index contributed by atoms with van der Waals surface area (Å²) in [6.45, 7) is 2.97. The number of benzene rings is 2. The summed E-state index contributed by atoms with van der Waals surface area (Å²) < 4.78 is 35.4. The van der Waals surface area contributed by atoms with E-state index in [9.17, 15) is 0 Å². The number of hydrogen-bond donors (Lipinski definition) is 0. The van der Waals surface area contributed by atoms with Crippen LogP contribution in [0.3, 0.4) is 0 Å². The summed E-state index contributed by atoms with van der Waals surface area (Å²) in [6, 6.07) is 18.6. The van der Waals surface area contributed by atoms with Crippen LogP contribution in [0, 0.1) is 12.7 Å². The molecule has 0 saturated carbocycles. The van der Waals surface area contributed by atoms with Crippen molar-refractivity contribution in [2.45, 2.75) is 44.6 Å². The fourth-order valence-corrected chi connectivity index (χ4v) is 7.00. The largest absolute Gasteiger partial charge is 0.496 e. The first kappa shape index (κ1) is 27.4. The molecule has 2 aliphatic heterocycles. The minimum absolute atomic E-state index is 0.246. The Morgan fingerprint density at radius 2 is 1.98 bits per heavy atom. The second-order valence-corrected chi connectivity index (χ2v) is 11.5. The number of aryl methyl sites for hydroxylation is 1. The molecule has 9 nitrogen and oxygen atoms in total. The molecular formula is C32H29FN6O3S. The van der Waals surface area contributed by atoms with Gasteiger partial charge in [0.05, 0.1) is 40.0 Å². The molecule has 1 saturated heterocycles. The number of aliphatic imine (C=N–C) groups is 1. The highest BCUT2D eigenvalue weighted by Crippen LogP contribution is 2.50. The van der Waals surface area contributed by atoms with Gasteiger partial charge in [-0.1, -0.05) is 36.4 Å². The van der Waals surface area contributed by atoms with Crippen LogP contribution in [0.4, 0.5) is 4.39 Å². The van der Waals surface area contributed by atoms with Crippen LogP contribution in [0.25, 0.3) is 27.3 Å². The van der Waals surface area contributed by atoms with Gasteiger partial charge >= 0.3 is 0 Å². The van der Waals surface area contributed by atoms with E-state index in [0.717, 1.165) is 41.6 Å². The van der Waals surface area contributed by atoms with E-state index in [2.05, 4.69) is 10.2 Å². The fourth-order valence-electron chi connectivity index (χ4n) is 5.70. The molecule has 2 atom stereocenters. The predicted molar refractivity (Wildman–Crippen MR) is 162 cm³/mol. The average molecular weight is 597 g/mol. The van der Waals surface area contributed by atoms with Crippen LogP contribution in [-0.4, -0.2) is 40.8 Å². The Hall–Kier alpha value is -4.48. The van der Waals surface area contributed by atoms with E-state index in [1.165, 1.54) is 30.9 Å². The van der Waals surface area contributed by atoms with E-state index in [0.29, 0.717) is 40.3 Å². The van der Waals surface area contributed by atoms with Crippen LogP contribution in [0.15, 0.2) is 82.1 Å². The summed E-state index contributed by atoms with van der Waals surface area (Å²) in [5.74, 6) is 0.612. The van der Waals surface area contributed by atoms with Gasteiger partial charge in [0.15, 0.2) is 0 Å². The number of methoxy groups -OCH3 is 1. The number of fused-ring (bicyclic) bond motifs is 1. The molecule has 3 aromatic heterocycles. The molecule has 0 radical (unpaired) electrons. The third kappa shape index (κ3) is 4.88. The summed E-state index contributed by atoms with van der Waals surface area (Å²) in [6.07, 6.45) is 5.63. The van der Waals surface area contributed by atoms with Gasteiger partial charge in [-0.25, -0.2) is 18.9 Å². The van der Waals surface area contributed by atoms with Gasteiger partial charge in [0.25, 0.3) is 0 Å². The molecule has 0 bridgehead atoms. The SMILES string of the molecule is COc1cccc(F)c1-c1nc(-c2c(C)nn3ccc(OCc4ccccc4)cc23)sc1C1(C2CCCCO2)N=CN=N1. The molecule has 2 aliphatic rings. The van der Waals surface area contributed by atoms with Crippen molar-refractivity contribution in [1.82, 2.24) is 14.6 Å². The molecule has 11 heteroatoms. The molecule has 0 aliphatic carbocycles. The Bertz CT molecular complexity index is 1830. The average Bonchev–Trinajstić information content (AvgIpc) is 3.78. The summed E-state index contributed by atoms with van der Waals surface area (Å²) >= 11 is 1.40. The maximum atomic E-state index is 15.6. The highest BCUT2D eigenvalue weighted by molar-refractivity contribution is 7.15. The first-order valence-corrected chi connectivity index (χ1v) is 15.0. The Morgan fingerprint density at radius 3 is 2.74 bits per heavy atom. The Morgan fingerprint density at radius 1 is 1.09 bits per heavy atom. The van der Waals surface area contributed by atoms with Crippen molar-refractivity contribution in [3.05, 3.63) is 88.8 Å². The van der Waals surface area contributed by atoms with Gasteiger partial charge < -0.3 is 14.2 Å². The van der Waals surface area contributed by atoms with Crippen molar-refractivity contribution < 1.29 is 18.6 Å². The van der Waals surface area contributed by atoms with Crippen molar-refractivity contribution in [1.29, 1.82) is 0 Å². The zero-order valence-electron chi connectivity index (χ0n) is 23.7. The second-order valence-electron chi connectivity index (χ2n) is 10.5. The summed E-state index contributed by atoms with van der Waals surface area (Å²) in [7, 11) is 1.52. The fraction of sp³-hybridized carbons (Fsp3) is 0.281. The topological polar surface area (TPSA) is 95.0 Å². The molecule has 1 fully saturated rings. The minimum Gasteiger partial charge on any atom is -0.496 e. The lowest BCUT2D eigenvalue weighted by molar-refractivity contribution is -0.0305. The molecule has 0 N–H and O–H groups in total. The van der Waals surface area contributed by atoms with Crippen molar-refractivity contribution in [2.24, 2.45) is 15.2 Å². The molecule has 218 valence electrons. The number of rotatable bonds is 8. The molecule has 5 heterocycles. The number of nitrogens with zero attached hydrogens (tertiary/aromatic N) is 6. The lowest BCUT2D eigenvalue weighted by atomic mass is 9.92. The monoisotopic (exact) mass is 596 g/mol. The molecule has 0 amide bonds. The second kappa shape index (κ2) is 11.3. The standard InChI is InChI=1S/C32H29FN6O3S/c1-20-27(24-17-22(14-15-39(24)37-20)42-18-21-9-4-3-5-10-21)31-36-29(28-23(33)11-8-12-25(28)40-2)30(43-31)32(34-19-35-38-32)26-13-6-7-16-41-26/h3-5,8-12,14-15,17,19,26H,6-7,13,16,18H2,1-2H3. The summed E-state index contributed by atoms with van der Waals surface area (Å²) in [5, 5.41) is 14.2. The third-order valence-electron chi connectivity index (χ3n) is 7.78. The minimum atomic E-state index is -1.18. The quantitative estimate of drug-likeness (QED) is 0.186. The van der Waals surface area contributed by atoms with E-state index < -0.39 is 11.5 Å². The van der Waals surface area contributed by atoms with Gasteiger partial charge in [-0.05, 0) is 49.9 Å². The Balaban J connectivity index is 1.39. The predicted octanol–water partition coefficient (Wildman–Crippen LogP) is 7.38. The molecule has 2 unspecified atom stereocenters. The third-order valence-corrected chi connectivity index (χ3v) is 8.97. The van der Waals surface area contributed by atoms with Crippen molar-refractivity contribution in [3.8, 4) is 33.3 Å². The molecule has 7 rings (SSSR count). The molecule has 2 aromatic carbocycles. The van der Waals surface area contributed by atoms with Gasteiger partial charge in [0.2, 0.25) is 5.66 Å². The van der Waals surface area contributed by atoms with Crippen LogP contribution in [0.5, 0.6) is 11.5 Å². The van der Waals surface area contributed by atoms with E-state index in [1.54, 1.807) is 16.6 Å². The highest BCUT2D eigenvalue weighted by Gasteiger charge is 2.48. The first-order valence-electron chi connectivity index (χ1n) is 14.1. The van der Waals surface area contributed by atoms with Gasteiger partial charge in [-0.3, -0.25) is 0 Å². The van der Waals surface area contributed by atoms with Gasteiger partial charge in [0.1, 0.15) is 41.4 Å². The van der Waals surface area contributed by atoms with Crippen LogP contribution in [0.1, 0.15) is 35.4 Å². The lowest BCUT2D eigenvalue weighted by Gasteiger charge is -2.33. The van der Waals surface area contributed by atoms with Crippen LogP contribution in [-0.2, 0) is 17.0 Å². The van der Waals surface area contributed by atoms with Crippen LogP contribution >= 0.6 is 11.3 Å². The highest BCUT2D eigenvalue weighted by atomic mass is 32.1. The molecule has 0 spiro atoms. The maximum absolute atomic E-state index is 15.6. The molecule has 43 heavy (non-hydrogen) atoms. The van der Waals surface area contributed by atoms with E-state index in [-0.39, 0.29) is 11.7 Å². The number of thiazole rings is 1. The van der Waals surface area contributed by atoms with Gasteiger partial charge in [-0.2, -0.15) is 5.10 Å².